The Hall–Kier alpha value is -3.78. The average Bonchev–Trinajstić information content (AvgIpc) is 2.88. The zero-order valence-electron chi connectivity index (χ0n) is 19.8. The third-order valence-electron chi connectivity index (χ3n) is 6.94. The predicted octanol–water partition coefficient (Wildman–Crippen LogP) is 7.59. The van der Waals surface area contributed by atoms with Gasteiger partial charge in [0.25, 0.3) is 0 Å². The molecule has 5 aromatic carbocycles. The molecule has 0 fully saturated rings. The topological polar surface area (TPSA) is 29.5 Å². The van der Waals surface area contributed by atoms with Crippen LogP contribution < -0.4 is 4.74 Å². The highest BCUT2D eigenvalue weighted by atomic mass is 16.5. The summed E-state index contributed by atoms with van der Waals surface area (Å²) in [6.45, 7) is 2.22. The number of aromatic hydroxyl groups is 1. The Kier molecular flexibility index (Phi) is 6.22. The second-order valence-corrected chi connectivity index (χ2v) is 9.02. The first-order chi connectivity index (χ1) is 16.6. The van der Waals surface area contributed by atoms with Crippen molar-refractivity contribution in [3.8, 4) is 11.5 Å². The number of hydrogen-bond acceptors (Lipinski definition) is 2. The van der Waals surface area contributed by atoms with Crippen LogP contribution >= 0.6 is 0 Å². The molecule has 0 amide bonds. The second kappa shape index (κ2) is 9.61. The van der Waals surface area contributed by atoms with Gasteiger partial charge < -0.3 is 9.84 Å². The molecule has 0 heterocycles. The lowest BCUT2D eigenvalue weighted by molar-refractivity contribution is 0.419. The van der Waals surface area contributed by atoms with E-state index in [-0.39, 0.29) is 0 Å². The standard InChI is InChI=1S/C32H30O2/c1-22-21-23(12-14-25-17-19-31(33)29-9-5-3-7-27(25)29)11-13-24(22)15-16-26-18-20-32(34-2)30-10-6-4-8-28(26)30/h3-11,13,17-21,33H,12,14-16H2,1-2H3. The van der Waals surface area contributed by atoms with Crippen LogP contribution in [0.3, 0.4) is 0 Å². The number of aryl methyl sites for hydroxylation is 5. The number of benzene rings is 5. The van der Waals surface area contributed by atoms with E-state index in [4.69, 9.17) is 4.74 Å². The summed E-state index contributed by atoms with van der Waals surface area (Å²) in [7, 11) is 1.73. The number of hydrogen-bond donors (Lipinski definition) is 1. The van der Waals surface area contributed by atoms with Crippen molar-refractivity contribution in [2.45, 2.75) is 32.6 Å². The largest absolute Gasteiger partial charge is 0.507 e. The van der Waals surface area contributed by atoms with Gasteiger partial charge >= 0.3 is 0 Å². The van der Waals surface area contributed by atoms with Crippen LogP contribution in [0, 0.1) is 6.92 Å². The maximum absolute atomic E-state index is 10.2. The molecule has 0 aromatic heterocycles. The smallest absolute Gasteiger partial charge is 0.126 e. The minimum Gasteiger partial charge on any atom is -0.507 e. The van der Waals surface area contributed by atoms with E-state index in [0.29, 0.717) is 5.75 Å². The van der Waals surface area contributed by atoms with E-state index in [2.05, 4.69) is 73.7 Å². The van der Waals surface area contributed by atoms with Crippen molar-refractivity contribution in [2.75, 3.05) is 7.11 Å². The molecule has 0 bridgehead atoms. The van der Waals surface area contributed by atoms with Gasteiger partial charge in [0, 0.05) is 10.8 Å². The number of phenols is 1. The van der Waals surface area contributed by atoms with Crippen molar-refractivity contribution in [3.63, 3.8) is 0 Å². The van der Waals surface area contributed by atoms with Gasteiger partial charge in [-0.1, -0.05) is 78.9 Å². The Morgan fingerprint density at radius 3 is 1.85 bits per heavy atom. The lowest BCUT2D eigenvalue weighted by Crippen LogP contribution is -1.98. The van der Waals surface area contributed by atoms with Crippen LogP contribution in [0.15, 0.2) is 91.0 Å². The summed E-state index contributed by atoms with van der Waals surface area (Å²) >= 11 is 0. The van der Waals surface area contributed by atoms with Crippen molar-refractivity contribution in [1.29, 1.82) is 0 Å². The quantitative estimate of drug-likeness (QED) is 0.279. The van der Waals surface area contributed by atoms with E-state index in [1.165, 1.54) is 38.6 Å². The van der Waals surface area contributed by atoms with Gasteiger partial charge in [0.05, 0.1) is 7.11 Å². The minimum atomic E-state index is 0.351. The zero-order valence-corrected chi connectivity index (χ0v) is 19.8. The zero-order chi connectivity index (χ0) is 23.5. The molecular formula is C32H30O2. The SMILES string of the molecule is COc1ccc(CCc2ccc(CCc3ccc(O)c4ccccc34)cc2C)c2ccccc12. The minimum absolute atomic E-state index is 0.351. The van der Waals surface area contributed by atoms with Gasteiger partial charge in [-0.2, -0.15) is 0 Å². The molecule has 0 saturated carbocycles. The second-order valence-electron chi connectivity index (χ2n) is 9.02. The molecule has 5 aromatic rings. The fourth-order valence-electron chi connectivity index (χ4n) is 5.04. The van der Waals surface area contributed by atoms with Crippen molar-refractivity contribution >= 4 is 21.5 Å². The Morgan fingerprint density at radius 2 is 1.15 bits per heavy atom. The molecule has 0 unspecified atom stereocenters. The van der Waals surface area contributed by atoms with Gasteiger partial charge in [-0.05, 0) is 83.3 Å². The Morgan fingerprint density at radius 1 is 0.588 bits per heavy atom. The monoisotopic (exact) mass is 446 g/mol. The van der Waals surface area contributed by atoms with Gasteiger partial charge in [-0.25, -0.2) is 0 Å². The van der Waals surface area contributed by atoms with Gasteiger partial charge in [0.15, 0.2) is 0 Å². The molecule has 2 nitrogen and oxygen atoms in total. The van der Waals surface area contributed by atoms with Crippen LogP contribution in [0.25, 0.3) is 21.5 Å². The summed E-state index contributed by atoms with van der Waals surface area (Å²) < 4.78 is 5.55. The van der Waals surface area contributed by atoms with Gasteiger partial charge in [-0.15, -0.1) is 0 Å². The highest BCUT2D eigenvalue weighted by Gasteiger charge is 2.09. The molecule has 0 saturated heterocycles. The molecule has 0 aliphatic carbocycles. The van der Waals surface area contributed by atoms with Gasteiger partial charge in [0.1, 0.15) is 11.5 Å². The first-order valence-electron chi connectivity index (χ1n) is 12.0. The van der Waals surface area contributed by atoms with Crippen molar-refractivity contribution in [2.24, 2.45) is 0 Å². The van der Waals surface area contributed by atoms with Crippen molar-refractivity contribution in [1.82, 2.24) is 0 Å². The van der Waals surface area contributed by atoms with E-state index in [1.807, 2.05) is 24.3 Å². The molecule has 0 aliphatic heterocycles. The highest BCUT2D eigenvalue weighted by Crippen LogP contribution is 2.30. The summed E-state index contributed by atoms with van der Waals surface area (Å²) in [5.74, 6) is 1.28. The number of fused-ring (bicyclic) bond motifs is 2. The summed E-state index contributed by atoms with van der Waals surface area (Å²) in [5.41, 5.74) is 6.75. The summed E-state index contributed by atoms with van der Waals surface area (Å²) in [6.07, 6.45) is 3.96. The Bertz CT molecular complexity index is 1470. The molecule has 1 N–H and O–H groups in total. The fraction of sp³-hybridized carbons (Fsp3) is 0.188. The van der Waals surface area contributed by atoms with Gasteiger partial charge in [-0.3, -0.25) is 0 Å². The molecule has 0 aliphatic rings. The molecular weight excluding hydrogens is 416 g/mol. The number of methoxy groups -OCH3 is 1. The highest BCUT2D eigenvalue weighted by molar-refractivity contribution is 5.91. The number of ether oxygens (including phenoxy) is 1. The van der Waals surface area contributed by atoms with Crippen LogP contribution in [-0.4, -0.2) is 12.2 Å². The molecule has 0 spiro atoms. The van der Waals surface area contributed by atoms with E-state index in [1.54, 1.807) is 7.11 Å². The predicted molar refractivity (Wildman–Crippen MR) is 142 cm³/mol. The summed E-state index contributed by atoms with van der Waals surface area (Å²) in [4.78, 5) is 0. The molecule has 5 rings (SSSR count). The fourth-order valence-corrected chi connectivity index (χ4v) is 5.04. The van der Waals surface area contributed by atoms with Crippen LogP contribution in [0.5, 0.6) is 11.5 Å². The first kappa shape index (κ1) is 22.0. The van der Waals surface area contributed by atoms with Crippen LogP contribution in [0.4, 0.5) is 0 Å². The lowest BCUT2D eigenvalue weighted by Gasteiger charge is -2.13. The van der Waals surface area contributed by atoms with E-state index >= 15 is 0 Å². The Balaban J connectivity index is 1.30. The Labute approximate surface area is 201 Å². The summed E-state index contributed by atoms with van der Waals surface area (Å²) in [6, 6.07) is 31.7. The van der Waals surface area contributed by atoms with E-state index in [0.717, 1.165) is 42.2 Å². The normalized spacial score (nSPS) is 11.2. The van der Waals surface area contributed by atoms with E-state index < -0.39 is 0 Å². The van der Waals surface area contributed by atoms with Gasteiger partial charge in [0.2, 0.25) is 0 Å². The van der Waals surface area contributed by atoms with Crippen LogP contribution in [0.2, 0.25) is 0 Å². The molecule has 0 atom stereocenters. The van der Waals surface area contributed by atoms with Crippen molar-refractivity contribution < 1.29 is 9.84 Å². The number of phenolic OH excluding ortho intramolecular Hbond substituents is 1. The van der Waals surface area contributed by atoms with Crippen LogP contribution in [0.1, 0.15) is 27.8 Å². The van der Waals surface area contributed by atoms with E-state index in [9.17, 15) is 5.11 Å². The molecule has 2 heteroatoms. The average molecular weight is 447 g/mol. The molecule has 0 radical (unpaired) electrons. The third kappa shape index (κ3) is 4.36. The lowest BCUT2D eigenvalue weighted by atomic mass is 9.93. The number of rotatable bonds is 7. The molecule has 170 valence electrons. The molecule has 34 heavy (non-hydrogen) atoms. The third-order valence-corrected chi connectivity index (χ3v) is 6.94. The maximum Gasteiger partial charge on any atom is 0.126 e. The van der Waals surface area contributed by atoms with Crippen molar-refractivity contribution in [3.05, 3.63) is 119 Å². The van der Waals surface area contributed by atoms with Crippen LogP contribution in [-0.2, 0) is 25.7 Å². The maximum atomic E-state index is 10.2. The summed E-state index contributed by atoms with van der Waals surface area (Å²) in [5, 5.41) is 14.7. The first-order valence-corrected chi connectivity index (χ1v) is 12.0.